The lowest BCUT2D eigenvalue weighted by atomic mass is 9.99. The minimum absolute atomic E-state index is 0.207. The molecule has 0 fully saturated rings. The Bertz CT molecular complexity index is 332. The quantitative estimate of drug-likeness (QED) is 0.594. The number of carboxylic acid groups (broad SMARTS) is 1. The highest BCUT2D eigenvalue weighted by Gasteiger charge is 2.26. The molecule has 0 saturated heterocycles. The highest BCUT2D eigenvalue weighted by Crippen LogP contribution is 2.07. The molecule has 2 amide bonds. The van der Waals surface area contributed by atoms with Gasteiger partial charge in [-0.3, -0.25) is 0 Å². The molecule has 3 atom stereocenters. The van der Waals surface area contributed by atoms with Gasteiger partial charge in [-0.05, 0) is 19.8 Å². The van der Waals surface area contributed by atoms with Gasteiger partial charge < -0.3 is 20.5 Å². The van der Waals surface area contributed by atoms with E-state index in [2.05, 4.69) is 10.6 Å². The first-order valence-electron chi connectivity index (χ1n) is 6.29. The summed E-state index contributed by atoms with van der Waals surface area (Å²) >= 11 is 0. The molecule has 0 aliphatic rings. The molecule has 0 saturated carbocycles. The van der Waals surface area contributed by atoms with E-state index in [9.17, 15) is 14.4 Å². The zero-order valence-corrected chi connectivity index (χ0v) is 11.7. The summed E-state index contributed by atoms with van der Waals surface area (Å²) in [4.78, 5) is 33.9. The smallest absolute Gasteiger partial charge is 0.328 e. The van der Waals surface area contributed by atoms with E-state index in [-0.39, 0.29) is 12.5 Å². The van der Waals surface area contributed by atoms with Crippen molar-refractivity contribution in [3.8, 4) is 0 Å². The number of hydrogen-bond acceptors (Lipinski definition) is 4. The Labute approximate surface area is 112 Å². The van der Waals surface area contributed by atoms with Crippen molar-refractivity contribution in [2.75, 3.05) is 6.61 Å². The van der Waals surface area contributed by atoms with E-state index in [4.69, 9.17) is 9.84 Å². The van der Waals surface area contributed by atoms with Gasteiger partial charge in [0.2, 0.25) is 0 Å². The van der Waals surface area contributed by atoms with Crippen LogP contribution in [-0.4, -0.2) is 41.8 Å². The number of nitrogens with one attached hydrogen (secondary N) is 2. The Kier molecular flexibility index (Phi) is 7.55. The van der Waals surface area contributed by atoms with Crippen LogP contribution in [0.1, 0.15) is 34.1 Å². The van der Waals surface area contributed by atoms with Crippen LogP contribution in [0.5, 0.6) is 0 Å². The van der Waals surface area contributed by atoms with Crippen LogP contribution in [0.2, 0.25) is 0 Å². The monoisotopic (exact) mass is 274 g/mol. The molecule has 0 rings (SSSR count). The van der Waals surface area contributed by atoms with E-state index < -0.39 is 30.1 Å². The topological polar surface area (TPSA) is 105 Å². The summed E-state index contributed by atoms with van der Waals surface area (Å²) in [7, 11) is 0. The Morgan fingerprint density at radius 2 is 1.74 bits per heavy atom. The lowest BCUT2D eigenvalue weighted by Gasteiger charge is -2.21. The van der Waals surface area contributed by atoms with Crippen molar-refractivity contribution in [2.24, 2.45) is 5.92 Å². The Morgan fingerprint density at radius 1 is 1.16 bits per heavy atom. The average Bonchev–Trinajstić information content (AvgIpc) is 2.34. The molecule has 0 heterocycles. The molecule has 0 spiro atoms. The Balaban J connectivity index is 4.42. The number of carbonyl (C=O) groups excluding carboxylic acids is 2. The highest BCUT2D eigenvalue weighted by atomic mass is 16.5. The normalized spacial score (nSPS) is 14.9. The molecule has 19 heavy (non-hydrogen) atoms. The zero-order valence-electron chi connectivity index (χ0n) is 11.7. The van der Waals surface area contributed by atoms with Gasteiger partial charge in [-0.2, -0.15) is 0 Å². The summed E-state index contributed by atoms with van der Waals surface area (Å²) in [5, 5.41) is 13.7. The van der Waals surface area contributed by atoms with Crippen molar-refractivity contribution >= 4 is 18.0 Å². The SMILES string of the molecule is CCOC(=O)C(C)NC(=O)NC(C(=O)O)C(C)CC. The van der Waals surface area contributed by atoms with E-state index in [0.29, 0.717) is 6.42 Å². The number of carboxylic acids is 1. The summed E-state index contributed by atoms with van der Waals surface area (Å²) in [6.45, 7) is 6.91. The van der Waals surface area contributed by atoms with Crippen molar-refractivity contribution in [3.05, 3.63) is 0 Å². The van der Waals surface area contributed by atoms with E-state index in [1.807, 2.05) is 6.92 Å². The maximum absolute atomic E-state index is 11.6. The average molecular weight is 274 g/mol. The zero-order chi connectivity index (χ0) is 15.0. The molecule has 0 radical (unpaired) electrons. The van der Waals surface area contributed by atoms with Crippen LogP contribution >= 0.6 is 0 Å². The van der Waals surface area contributed by atoms with Gasteiger partial charge in [-0.15, -0.1) is 0 Å². The van der Waals surface area contributed by atoms with E-state index in [1.54, 1.807) is 13.8 Å². The summed E-state index contributed by atoms with van der Waals surface area (Å²) in [5.74, 6) is -1.87. The van der Waals surface area contributed by atoms with Crippen LogP contribution in [0.25, 0.3) is 0 Å². The van der Waals surface area contributed by atoms with Crippen LogP contribution in [0.15, 0.2) is 0 Å². The molecule has 0 bridgehead atoms. The fourth-order valence-electron chi connectivity index (χ4n) is 1.39. The Hall–Kier alpha value is -1.79. The third kappa shape index (κ3) is 6.08. The summed E-state index contributed by atoms with van der Waals surface area (Å²) in [6.07, 6.45) is 0.616. The van der Waals surface area contributed by atoms with E-state index in [1.165, 1.54) is 6.92 Å². The van der Waals surface area contributed by atoms with Crippen molar-refractivity contribution in [1.29, 1.82) is 0 Å². The fourth-order valence-corrected chi connectivity index (χ4v) is 1.39. The van der Waals surface area contributed by atoms with E-state index >= 15 is 0 Å². The number of ether oxygens (including phenoxy) is 1. The summed E-state index contributed by atoms with van der Waals surface area (Å²) < 4.78 is 4.73. The fraction of sp³-hybridized carbons (Fsp3) is 0.750. The molecule has 110 valence electrons. The van der Waals surface area contributed by atoms with Gasteiger partial charge in [-0.25, -0.2) is 14.4 Å². The third-order valence-electron chi connectivity index (χ3n) is 2.75. The van der Waals surface area contributed by atoms with Crippen LogP contribution in [-0.2, 0) is 14.3 Å². The Morgan fingerprint density at radius 3 is 2.16 bits per heavy atom. The second-order valence-corrected chi connectivity index (χ2v) is 4.29. The molecule has 0 aliphatic heterocycles. The van der Waals surface area contributed by atoms with Crippen molar-refractivity contribution in [3.63, 3.8) is 0 Å². The maximum atomic E-state index is 11.6. The number of aliphatic carboxylic acids is 1. The molecule has 3 N–H and O–H groups in total. The number of esters is 1. The van der Waals surface area contributed by atoms with Gasteiger partial charge in [-0.1, -0.05) is 20.3 Å². The van der Waals surface area contributed by atoms with Gasteiger partial charge in [0.25, 0.3) is 0 Å². The number of urea groups is 1. The second kappa shape index (κ2) is 8.34. The van der Waals surface area contributed by atoms with Crippen LogP contribution in [0.4, 0.5) is 4.79 Å². The number of carbonyl (C=O) groups is 3. The number of hydrogen-bond donors (Lipinski definition) is 3. The van der Waals surface area contributed by atoms with Gasteiger partial charge >= 0.3 is 18.0 Å². The predicted octanol–water partition coefficient (Wildman–Crippen LogP) is 0.737. The standard InChI is InChI=1S/C12H22N2O5/c1-5-7(3)9(10(15)16)14-12(18)13-8(4)11(17)19-6-2/h7-9H,5-6H2,1-4H3,(H,15,16)(H2,13,14,18). The second-order valence-electron chi connectivity index (χ2n) is 4.29. The van der Waals surface area contributed by atoms with Gasteiger partial charge in [0, 0.05) is 0 Å². The molecular weight excluding hydrogens is 252 g/mol. The minimum Gasteiger partial charge on any atom is -0.480 e. The van der Waals surface area contributed by atoms with Crippen LogP contribution < -0.4 is 10.6 Å². The summed E-state index contributed by atoms with van der Waals surface area (Å²) in [5.41, 5.74) is 0. The molecule has 0 aromatic carbocycles. The molecular formula is C12H22N2O5. The van der Waals surface area contributed by atoms with Crippen LogP contribution in [0, 0.1) is 5.92 Å². The number of rotatable bonds is 7. The molecule has 7 nitrogen and oxygen atoms in total. The predicted molar refractivity (Wildman–Crippen MR) is 68.6 cm³/mol. The van der Waals surface area contributed by atoms with Gasteiger partial charge in [0.15, 0.2) is 0 Å². The summed E-state index contributed by atoms with van der Waals surface area (Å²) in [6, 6.07) is -2.51. The van der Waals surface area contributed by atoms with E-state index in [0.717, 1.165) is 0 Å². The molecule has 0 aromatic heterocycles. The molecule has 0 aromatic rings. The lowest BCUT2D eigenvalue weighted by Crippen LogP contribution is -2.52. The first-order valence-corrected chi connectivity index (χ1v) is 6.29. The largest absolute Gasteiger partial charge is 0.480 e. The van der Waals surface area contributed by atoms with Crippen molar-refractivity contribution < 1.29 is 24.2 Å². The third-order valence-corrected chi connectivity index (χ3v) is 2.75. The molecule has 0 aliphatic carbocycles. The first kappa shape index (κ1) is 17.2. The van der Waals surface area contributed by atoms with Gasteiger partial charge in [0.1, 0.15) is 12.1 Å². The highest BCUT2D eigenvalue weighted by molar-refractivity contribution is 5.86. The van der Waals surface area contributed by atoms with Gasteiger partial charge in [0.05, 0.1) is 6.61 Å². The van der Waals surface area contributed by atoms with Crippen LogP contribution in [0.3, 0.4) is 0 Å². The van der Waals surface area contributed by atoms with Crippen molar-refractivity contribution in [1.82, 2.24) is 10.6 Å². The minimum atomic E-state index is -1.10. The molecule has 7 heteroatoms. The molecule has 3 unspecified atom stereocenters. The lowest BCUT2D eigenvalue weighted by molar-refractivity contribution is -0.144. The number of amides is 2. The van der Waals surface area contributed by atoms with Crippen molar-refractivity contribution in [2.45, 2.75) is 46.2 Å². The maximum Gasteiger partial charge on any atom is 0.328 e. The first-order chi connectivity index (χ1) is 8.83.